The summed E-state index contributed by atoms with van der Waals surface area (Å²) < 4.78 is 38.6. The molecule has 1 aromatic rings. The molecule has 4 nitrogen and oxygen atoms in total. The lowest BCUT2D eigenvalue weighted by molar-refractivity contribution is -0.146. The number of hydrogen-bond donors (Lipinski definition) is 2. The monoisotopic (exact) mass is 359 g/mol. The van der Waals surface area contributed by atoms with Crippen LogP contribution in [0.25, 0.3) is 0 Å². The normalized spacial score (nSPS) is 28.2. The van der Waals surface area contributed by atoms with E-state index in [0.29, 0.717) is 6.42 Å². The number of carboxylic acid groups (broad SMARTS) is 1. The van der Waals surface area contributed by atoms with Gasteiger partial charge in [-0.1, -0.05) is 23.8 Å². The smallest absolute Gasteiger partial charge is 0.417 e. The molecule has 1 aromatic carbocycles. The van der Waals surface area contributed by atoms with E-state index in [1.807, 2.05) is 0 Å². The number of anilines is 1. The van der Waals surface area contributed by atoms with Crippen molar-refractivity contribution in [1.82, 2.24) is 0 Å². The molecule has 3 rings (SSSR count). The van der Waals surface area contributed by atoms with Crippen molar-refractivity contribution < 1.29 is 27.9 Å². The fourth-order valence-electron chi connectivity index (χ4n) is 3.56. The zero-order valence-corrected chi connectivity index (χ0v) is 12.9. The molecule has 4 atom stereocenters. The van der Waals surface area contributed by atoms with Crippen LogP contribution in [0.5, 0.6) is 0 Å². The van der Waals surface area contributed by atoms with Crippen LogP contribution in [-0.4, -0.2) is 17.0 Å². The molecule has 128 valence electrons. The first-order chi connectivity index (χ1) is 11.2. The Morgan fingerprint density at radius 3 is 2.38 bits per heavy atom. The summed E-state index contributed by atoms with van der Waals surface area (Å²) in [5.41, 5.74) is -1.11. The van der Waals surface area contributed by atoms with Gasteiger partial charge in [-0.3, -0.25) is 9.59 Å². The first kappa shape index (κ1) is 16.8. The number of rotatable bonds is 3. The number of carbonyl (C=O) groups is 2. The molecule has 1 amide bonds. The van der Waals surface area contributed by atoms with Crippen LogP contribution in [0.15, 0.2) is 30.4 Å². The van der Waals surface area contributed by atoms with E-state index in [4.69, 9.17) is 11.6 Å². The highest BCUT2D eigenvalue weighted by molar-refractivity contribution is 6.31. The second kappa shape index (κ2) is 5.81. The van der Waals surface area contributed by atoms with Gasteiger partial charge in [0.2, 0.25) is 5.91 Å². The Labute approximate surface area is 140 Å². The first-order valence-corrected chi connectivity index (χ1v) is 7.65. The molecule has 0 aliphatic heterocycles. The number of nitrogens with one attached hydrogen (secondary N) is 1. The van der Waals surface area contributed by atoms with Crippen LogP contribution in [0.1, 0.15) is 12.0 Å². The maximum Gasteiger partial charge on any atom is 0.417 e. The van der Waals surface area contributed by atoms with E-state index in [1.54, 1.807) is 12.2 Å². The van der Waals surface area contributed by atoms with Crippen LogP contribution in [0.4, 0.5) is 18.9 Å². The van der Waals surface area contributed by atoms with Crippen LogP contribution in [0.3, 0.4) is 0 Å². The highest BCUT2D eigenvalue weighted by atomic mass is 35.5. The van der Waals surface area contributed by atoms with E-state index in [1.165, 1.54) is 6.07 Å². The van der Waals surface area contributed by atoms with Crippen LogP contribution < -0.4 is 5.32 Å². The number of amides is 1. The third kappa shape index (κ3) is 2.88. The van der Waals surface area contributed by atoms with Crippen LogP contribution in [0.2, 0.25) is 5.02 Å². The van der Waals surface area contributed by atoms with Crippen LogP contribution in [0, 0.1) is 23.7 Å². The summed E-state index contributed by atoms with van der Waals surface area (Å²) in [6, 6.07) is 3.06. The quantitative estimate of drug-likeness (QED) is 0.806. The largest absolute Gasteiger partial charge is 0.481 e. The summed E-state index contributed by atoms with van der Waals surface area (Å²) in [6.45, 7) is 0. The van der Waals surface area contributed by atoms with Crippen molar-refractivity contribution >= 4 is 29.2 Å². The number of allylic oxidation sites excluding steroid dienone is 2. The molecule has 0 radical (unpaired) electrons. The van der Waals surface area contributed by atoms with E-state index < -0.39 is 40.5 Å². The zero-order valence-electron chi connectivity index (χ0n) is 12.2. The first-order valence-electron chi connectivity index (χ1n) is 7.27. The number of alkyl halides is 3. The number of hydrogen-bond acceptors (Lipinski definition) is 2. The minimum absolute atomic E-state index is 0.0624. The molecule has 1 saturated carbocycles. The number of benzene rings is 1. The molecule has 0 saturated heterocycles. The molecule has 1 fully saturated rings. The van der Waals surface area contributed by atoms with Gasteiger partial charge in [0.05, 0.1) is 22.4 Å². The highest BCUT2D eigenvalue weighted by Gasteiger charge is 2.51. The summed E-state index contributed by atoms with van der Waals surface area (Å²) in [5.74, 6) is -3.71. The van der Waals surface area contributed by atoms with E-state index in [-0.39, 0.29) is 17.5 Å². The Morgan fingerprint density at radius 2 is 1.79 bits per heavy atom. The zero-order chi connectivity index (χ0) is 17.6. The van der Waals surface area contributed by atoms with Gasteiger partial charge in [-0.2, -0.15) is 13.2 Å². The van der Waals surface area contributed by atoms with Gasteiger partial charge < -0.3 is 10.4 Å². The predicted molar refractivity (Wildman–Crippen MR) is 80.4 cm³/mol. The standard InChI is InChI=1S/C16H13ClF3NO3/c17-11-4-3-9(6-10(11)16(18,19)20)21-14(22)12-7-1-2-8(5-7)13(12)15(23)24/h1-4,6-8,12-13H,5H2,(H,21,22)(H,23,24)/t7-,8-,12-,13-/m0/s1. The van der Waals surface area contributed by atoms with Crippen LogP contribution >= 0.6 is 11.6 Å². The third-order valence-electron chi connectivity index (χ3n) is 4.59. The van der Waals surface area contributed by atoms with Gasteiger partial charge in [-0.15, -0.1) is 0 Å². The fourth-order valence-corrected chi connectivity index (χ4v) is 3.79. The molecule has 2 N–H and O–H groups in total. The minimum Gasteiger partial charge on any atom is -0.481 e. The van der Waals surface area contributed by atoms with Crippen LogP contribution in [-0.2, 0) is 15.8 Å². The van der Waals surface area contributed by atoms with Crippen molar-refractivity contribution in [2.75, 3.05) is 5.32 Å². The molecule has 0 aromatic heterocycles. The Kier molecular flexibility index (Phi) is 4.07. The number of carboxylic acids is 1. The van der Waals surface area contributed by atoms with E-state index in [0.717, 1.165) is 12.1 Å². The van der Waals surface area contributed by atoms with Crippen molar-refractivity contribution in [2.45, 2.75) is 12.6 Å². The average Bonchev–Trinajstić information content (AvgIpc) is 3.08. The molecule has 8 heteroatoms. The maximum atomic E-state index is 12.9. The van der Waals surface area contributed by atoms with Gasteiger partial charge in [0.25, 0.3) is 0 Å². The van der Waals surface area contributed by atoms with Gasteiger partial charge in [0, 0.05) is 5.69 Å². The van der Waals surface area contributed by atoms with Gasteiger partial charge in [-0.05, 0) is 36.5 Å². The van der Waals surface area contributed by atoms with Gasteiger partial charge in [0.1, 0.15) is 0 Å². The van der Waals surface area contributed by atoms with E-state index in [9.17, 15) is 27.9 Å². The Hall–Kier alpha value is -2.02. The predicted octanol–water partition coefficient (Wildman–Crippen LogP) is 3.82. The molecule has 2 bridgehead atoms. The molecule has 2 aliphatic rings. The maximum absolute atomic E-state index is 12.9. The minimum atomic E-state index is -4.64. The number of aliphatic carboxylic acids is 1. The highest BCUT2D eigenvalue weighted by Crippen LogP contribution is 2.48. The fraction of sp³-hybridized carbons (Fsp3) is 0.375. The Balaban J connectivity index is 1.83. The summed E-state index contributed by atoms with van der Waals surface area (Å²) in [6.07, 6.45) is -0.477. The van der Waals surface area contributed by atoms with Crippen molar-refractivity contribution in [3.8, 4) is 0 Å². The molecular weight excluding hydrogens is 347 g/mol. The SMILES string of the molecule is O=C(O)[C@@H]1[C@@H](C(=O)Nc2ccc(Cl)c(C(F)(F)F)c2)[C@H]2C=C[C@H]1C2. The number of halogens is 4. The summed E-state index contributed by atoms with van der Waals surface area (Å²) >= 11 is 5.54. The second-order valence-corrected chi connectivity index (χ2v) is 6.43. The lowest BCUT2D eigenvalue weighted by atomic mass is 9.82. The van der Waals surface area contributed by atoms with Gasteiger partial charge >= 0.3 is 12.1 Å². The topological polar surface area (TPSA) is 66.4 Å². The Bertz CT molecular complexity index is 732. The lowest BCUT2D eigenvalue weighted by Crippen LogP contribution is -2.36. The van der Waals surface area contributed by atoms with Crippen molar-refractivity contribution in [1.29, 1.82) is 0 Å². The molecule has 24 heavy (non-hydrogen) atoms. The molecule has 0 spiro atoms. The average molecular weight is 360 g/mol. The summed E-state index contributed by atoms with van der Waals surface area (Å²) in [5, 5.41) is 11.3. The number of fused-ring (bicyclic) bond motifs is 2. The third-order valence-corrected chi connectivity index (χ3v) is 4.92. The van der Waals surface area contributed by atoms with Crippen molar-refractivity contribution in [2.24, 2.45) is 23.7 Å². The Morgan fingerprint density at radius 1 is 1.17 bits per heavy atom. The van der Waals surface area contributed by atoms with E-state index >= 15 is 0 Å². The van der Waals surface area contributed by atoms with Crippen molar-refractivity contribution in [3.63, 3.8) is 0 Å². The molecule has 0 unspecified atom stereocenters. The van der Waals surface area contributed by atoms with Gasteiger partial charge in [-0.25, -0.2) is 0 Å². The van der Waals surface area contributed by atoms with Crippen molar-refractivity contribution in [3.05, 3.63) is 40.9 Å². The molecular formula is C16H13ClF3NO3. The number of carbonyl (C=O) groups excluding carboxylic acids is 1. The summed E-state index contributed by atoms with van der Waals surface area (Å²) in [7, 11) is 0. The molecule has 2 aliphatic carbocycles. The summed E-state index contributed by atoms with van der Waals surface area (Å²) in [4.78, 5) is 23.9. The van der Waals surface area contributed by atoms with E-state index in [2.05, 4.69) is 5.32 Å². The lowest BCUT2D eigenvalue weighted by Gasteiger charge is -2.24. The molecule has 0 heterocycles. The van der Waals surface area contributed by atoms with Gasteiger partial charge in [0.15, 0.2) is 0 Å². The second-order valence-electron chi connectivity index (χ2n) is 6.02.